The number of rotatable bonds is 5. The van der Waals surface area contributed by atoms with Crippen LogP contribution in [0.3, 0.4) is 0 Å². The molecule has 1 amide bonds. The van der Waals surface area contributed by atoms with Crippen molar-refractivity contribution in [2.24, 2.45) is 0 Å². The molecule has 0 saturated heterocycles. The average molecular weight is 303 g/mol. The Bertz CT molecular complexity index is 756. The summed E-state index contributed by atoms with van der Waals surface area (Å²) in [6, 6.07) is 7.46. The molecule has 6 heteroatoms. The number of carbonyl (C=O) groups excluding carboxylic acids is 1. The van der Waals surface area contributed by atoms with Crippen LogP contribution in [0.4, 0.5) is 0 Å². The molecule has 3 rings (SSSR count). The van der Waals surface area contributed by atoms with Crippen LogP contribution in [0.1, 0.15) is 26.2 Å². The van der Waals surface area contributed by atoms with Gasteiger partial charge in [0, 0.05) is 13.1 Å². The summed E-state index contributed by atoms with van der Waals surface area (Å²) in [6.07, 6.45) is 2.44. The third-order valence-electron chi connectivity index (χ3n) is 4.44. The van der Waals surface area contributed by atoms with E-state index in [4.69, 9.17) is 0 Å². The second-order valence-electron chi connectivity index (χ2n) is 5.96. The minimum atomic E-state index is -0.752. The number of aryl methyl sites for hydroxylation is 1. The number of para-hydroxylation sites is 2. The summed E-state index contributed by atoms with van der Waals surface area (Å²) in [5.41, 5.74) is 0.659. The van der Waals surface area contributed by atoms with Crippen LogP contribution in [0, 0.1) is 0 Å². The summed E-state index contributed by atoms with van der Waals surface area (Å²) in [6.45, 7) is 2.70. The standard InChI is InChI=1S/C16H21N3O3/c1-2-18-12-6-3-4-7-13(12)19(15(18)21)10-14(20)17-11-16(22)8-5-9-16/h3-4,6-7,22H,2,5,8-11H2,1H3,(H,17,20). The molecular formula is C16H21N3O3. The zero-order chi connectivity index (χ0) is 15.7. The number of nitrogens with one attached hydrogen (secondary N) is 1. The Balaban J connectivity index is 1.80. The number of nitrogens with zero attached hydrogens (tertiary/aromatic N) is 2. The fourth-order valence-electron chi connectivity index (χ4n) is 2.96. The molecule has 1 fully saturated rings. The van der Waals surface area contributed by atoms with Crippen molar-refractivity contribution in [2.75, 3.05) is 6.54 Å². The van der Waals surface area contributed by atoms with E-state index in [1.54, 1.807) is 4.57 Å². The predicted octanol–water partition coefficient (Wildman–Crippen LogP) is 0.854. The van der Waals surface area contributed by atoms with Crippen LogP contribution < -0.4 is 11.0 Å². The SMILES string of the molecule is CCn1c(=O)n(CC(=O)NCC2(O)CCC2)c2ccccc21. The van der Waals surface area contributed by atoms with E-state index in [-0.39, 0.29) is 24.7 Å². The molecule has 2 aromatic rings. The molecule has 1 aromatic heterocycles. The van der Waals surface area contributed by atoms with Crippen molar-refractivity contribution in [3.8, 4) is 0 Å². The summed E-state index contributed by atoms with van der Waals surface area (Å²) in [5, 5.41) is 12.7. The van der Waals surface area contributed by atoms with Crippen LogP contribution in [0.25, 0.3) is 11.0 Å². The summed E-state index contributed by atoms with van der Waals surface area (Å²) < 4.78 is 3.14. The lowest BCUT2D eigenvalue weighted by atomic mass is 9.80. The van der Waals surface area contributed by atoms with Gasteiger partial charge in [-0.25, -0.2) is 4.79 Å². The van der Waals surface area contributed by atoms with Crippen LogP contribution in [0.5, 0.6) is 0 Å². The number of hydrogen-bond donors (Lipinski definition) is 2. The minimum Gasteiger partial charge on any atom is -0.388 e. The first-order valence-electron chi connectivity index (χ1n) is 7.71. The quantitative estimate of drug-likeness (QED) is 0.860. The molecule has 0 unspecified atom stereocenters. The van der Waals surface area contributed by atoms with E-state index in [9.17, 15) is 14.7 Å². The van der Waals surface area contributed by atoms with Gasteiger partial charge in [-0.3, -0.25) is 13.9 Å². The Morgan fingerprint density at radius 3 is 2.45 bits per heavy atom. The van der Waals surface area contributed by atoms with E-state index in [0.717, 1.165) is 30.3 Å². The van der Waals surface area contributed by atoms with Crippen molar-refractivity contribution in [1.82, 2.24) is 14.5 Å². The number of aromatic nitrogens is 2. The van der Waals surface area contributed by atoms with Crippen molar-refractivity contribution in [2.45, 2.75) is 44.9 Å². The minimum absolute atomic E-state index is 0.0254. The Morgan fingerprint density at radius 2 is 1.91 bits per heavy atom. The van der Waals surface area contributed by atoms with Crippen LogP contribution in [0.15, 0.2) is 29.1 Å². The second-order valence-corrected chi connectivity index (χ2v) is 5.96. The summed E-state index contributed by atoms with van der Waals surface area (Å²) in [5.74, 6) is -0.249. The summed E-state index contributed by atoms with van der Waals surface area (Å²) in [4.78, 5) is 24.5. The van der Waals surface area contributed by atoms with Gasteiger partial charge >= 0.3 is 5.69 Å². The Morgan fingerprint density at radius 1 is 1.27 bits per heavy atom. The Kier molecular flexibility index (Phi) is 3.78. The zero-order valence-electron chi connectivity index (χ0n) is 12.7. The van der Waals surface area contributed by atoms with Gasteiger partial charge in [0.05, 0.1) is 16.6 Å². The maximum Gasteiger partial charge on any atom is 0.329 e. The molecule has 1 aromatic carbocycles. The normalized spacial score (nSPS) is 16.5. The average Bonchev–Trinajstić information content (AvgIpc) is 2.75. The first-order chi connectivity index (χ1) is 10.5. The van der Waals surface area contributed by atoms with E-state index in [0.29, 0.717) is 6.54 Å². The molecular weight excluding hydrogens is 282 g/mol. The lowest BCUT2D eigenvalue weighted by molar-refractivity contribution is -0.124. The van der Waals surface area contributed by atoms with Gasteiger partial charge in [-0.05, 0) is 38.3 Å². The molecule has 0 radical (unpaired) electrons. The van der Waals surface area contributed by atoms with Crippen molar-refractivity contribution < 1.29 is 9.90 Å². The lowest BCUT2D eigenvalue weighted by Crippen LogP contribution is -2.48. The third kappa shape index (κ3) is 2.54. The number of aliphatic hydroxyl groups is 1. The van der Waals surface area contributed by atoms with Gasteiger partial charge in [0.15, 0.2) is 0 Å². The second kappa shape index (κ2) is 5.61. The van der Waals surface area contributed by atoms with Crippen LogP contribution in [0.2, 0.25) is 0 Å². The highest BCUT2D eigenvalue weighted by atomic mass is 16.3. The molecule has 1 heterocycles. The van der Waals surface area contributed by atoms with Crippen molar-refractivity contribution in [3.05, 3.63) is 34.7 Å². The number of carbonyl (C=O) groups is 1. The largest absolute Gasteiger partial charge is 0.388 e. The summed E-state index contributed by atoms with van der Waals surface area (Å²) in [7, 11) is 0. The van der Waals surface area contributed by atoms with E-state index in [1.165, 1.54) is 4.57 Å². The highest BCUT2D eigenvalue weighted by molar-refractivity contribution is 5.81. The smallest absolute Gasteiger partial charge is 0.329 e. The monoisotopic (exact) mass is 303 g/mol. The molecule has 0 spiro atoms. The highest BCUT2D eigenvalue weighted by Gasteiger charge is 2.34. The molecule has 0 bridgehead atoms. The Hall–Kier alpha value is -2.08. The van der Waals surface area contributed by atoms with Crippen LogP contribution >= 0.6 is 0 Å². The third-order valence-corrected chi connectivity index (χ3v) is 4.44. The summed E-state index contributed by atoms with van der Waals surface area (Å²) >= 11 is 0. The molecule has 1 aliphatic rings. The molecule has 22 heavy (non-hydrogen) atoms. The first-order valence-corrected chi connectivity index (χ1v) is 7.71. The number of fused-ring (bicyclic) bond motifs is 1. The van der Waals surface area contributed by atoms with Gasteiger partial charge in [0.25, 0.3) is 0 Å². The van der Waals surface area contributed by atoms with E-state index in [1.807, 2.05) is 31.2 Å². The number of amides is 1. The first kappa shape index (κ1) is 14.8. The number of benzene rings is 1. The molecule has 118 valence electrons. The van der Waals surface area contributed by atoms with Gasteiger partial charge in [-0.1, -0.05) is 12.1 Å². The molecule has 6 nitrogen and oxygen atoms in total. The topological polar surface area (TPSA) is 76.3 Å². The zero-order valence-corrected chi connectivity index (χ0v) is 12.7. The molecule has 1 aliphatic carbocycles. The maximum atomic E-state index is 12.4. The van der Waals surface area contributed by atoms with E-state index >= 15 is 0 Å². The van der Waals surface area contributed by atoms with Gasteiger partial charge in [0.1, 0.15) is 6.54 Å². The van der Waals surface area contributed by atoms with E-state index in [2.05, 4.69) is 5.32 Å². The van der Waals surface area contributed by atoms with Gasteiger partial charge in [-0.15, -0.1) is 0 Å². The van der Waals surface area contributed by atoms with Gasteiger partial charge < -0.3 is 10.4 Å². The lowest BCUT2D eigenvalue weighted by Gasteiger charge is -2.36. The van der Waals surface area contributed by atoms with Gasteiger partial charge in [0.2, 0.25) is 5.91 Å². The van der Waals surface area contributed by atoms with Crippen molar-refractivity contribution >= 4 is 16.9 Å². The number of hydrogen-bond acceptors (Lipinski definition) is 3. The fourth-order valence-corrected chi connectivity index (χ4v) is 2.96. The predicted molar refractivity (Wildman–Crippen MR) is 83.7 cm³/mol. The molecule has 0 aliphatic heterocycles. The van der Waals surface area contributed by atoms with Crippen LogP contribution in [-0.2, 0) is 17.9 Å². The van der Waals surface area contributed by atoms with Crippen molar-refractivity contribution in [1.29, 1.82) is 0 Å². The van der Waals surface area contributed by atoms with E-state index < -0.39 is 5.60 Å². The van der Waals surface area contributed by atoms with Crippen LogP contribution in [-0.4, -0.2) is 32.3 Å². The molecule has 0 atom stereocenters. The van der Waals surface area contributed by atoms with Crippen molar-refractivity contribution in [3.63, 3.8) is 0 Å². The molecule has 1 saturated carbocycles. The fraction of sp³-hybridized carbons (Fsp3) is 0.500. The maximum absolute atomic E-state index is 12.4. The Labute approximate surface area is 128 Å². The number of imidazole rings is 1. The van der Waals surface area contributed by atoms with Gasteiger partial charge in [-0.2, -0.15) is 0 Å². The highest BCUT2D eigenvalue weighted by Crippen LogP contribution is 2.30. The molecule has 2 N–H and O–H groups in total.